The van der Waals surface area contributed by atoms with E-state index in [1.807, 2.05) is 32.1 Å². The summed E-state index contributed by atoms with van der Waals surface area (Å²) in [5.41, 5.74) is 3.05. The molecule has 1 rings (SSSR count). The predicted molar refractivity (Wildman–Crippen MR) is 64.1 cm³/mol. The molecule has 0 heterocycles. The van der Waals surface area contributed by atoms with Crippen LogP contribution < -0.4 is 5.32 Å². The fraction of sp³-hybridized carbons (Fsp3) is 0.385. The Balaban J connectivity index is 2.74. The molecule has 0 spiro atoms. The second-order valence-corrected chi connectivity index (χ2v) is 3.98. The molecule has 2 N–H and O–H groups in total. The number of phenols is 1. The summed E-state index contributed by atoms with van der Waals surface area (Å²) < 4.78 is 0. The van der Waals surface area contributed by atoms with Crippen molar-refractivity contribution < 1.29 is 5.11 Å². The normalized spacial score (nSPS) is 12.5. The first-order valence-electron chi connectivity index (χ1n) is 5.19. The summed E-state index contributed by atoms with van der Waals surface area (Å²) in [4.78, 5) is 0. The maximum Gasteiger partial charge on any atom is 0.121 e. The molecule has 0 aliphatic carbocycles. The molecule has 1 aromatic carbocycles. The van der Waals surface area contributed by atoms with Gasteiger partial charge in [0.25, 0.3) is 0 Å². The van der Waals surface area contributed by atoms with Gasteiger partial charge in [-0.05, 0) is 37.5 Å². The summed E-state index contributed by atoms with van der Waals surface area (Å²) in [5.74, 6) is 0.399. The van der Waals surface area contributed by atoms with Crippen molar-refractivity contribution in [1.82, 2.24) is 5.32 Å². The van der Waals surface area contributed by atoms with Gasteiger partial charge >= 0.3 is 0 Å². The van der Waals surface area contributed by atoms with Gasteiger partial charge in [-0.1, -0.05) is 18.2 Å². The van der Waals surface area contributed by atoms with Crippen molar-refractivity contribution in [2.45, 2.75) is 33.4 Å². The first-order chi connectivity index (χ1) is 7.04. The molecular weight excluding hydrogens is 186 g/mol. The third-order valence-corrected chi connectivity index (χ3v) is 2.53. The predicted octanol–water partition coefficient (Wildman–Crippen LogP) is 2.67. The molecule has 0 bridgehead atoms. The van der Waals surface area contributed by atoms with E-state index in [0.29, 0.717) is 11.8 Å². The number of hydrogen-bond donors (Lipinski definition) is 2. The fourth-order valence-corrected chi connectivity index (χ4v) is 1.51. The van der Waals surface area contributed by atoms with Gasteiger partial charge in [0, 0.05) is 12.6 Å². The first kappa shape index (κ1) is 11.8. The number of rotatable bonds is 4. The maximum absolute atomic E-state index is 9.62. The van der Waals surface area contributed by atoms with Crippen LogP contribution in [0.5, 0.6) is 5.75 Å². The number of aromatic hydroxyl groups is 1. The second-order valence-electron chi connectivity index (χ2n) is 3.98. The maximum atomic E-state index is 9.62. The van der Waals surface area contributed by atoms with Crippen molar-refractivity contribution >= 4 is 0 Å². The van der Waals surface area contributed by atoms with Crippen molar-refractivity contribution in [3.63, 3.8) is 0 Å². The molecule has 82 valence electrons. The van der Waals surface area contributed by atoms with E-state index in [-0.39, 0.29) is 0 Å². The third kappa shape index (κ3) is 3.10. The first-order valence-corrected chi connectivity index (χ1v) is 5.19. The number of phenolic OH excluding ortho intramolecular Hbond substituents is 1. The summed E-state index contributed by atoms with van der Waals surface area (Å²) in [6.07, 6.45) is 1.88. The van der Waals surface area contributed by atoms with Crippen molar-refractivity contribution in [3.05, 3.63) is 41.5 Å². The molecule has 0 radical (unpaired) electrons. The van der Waals surface area contributed by atoms with Gasteiger partial charge in [-0.3, -0.25) is 0 Å². The Hall–Kier alpha value is -1.28. The molecule has 0 amide bonds. The standard InChI is InChI=1S/C13H19NO/c1-5-11(4)14-8-12-6-9(2)13(15)10(3)7-12/h5-7,11,14-15H,1,8H2,2-4H3. The zero-order valence-corrected chi connectivity index (χ0v) is 9.67. The Kier molecular flexibility index (Phi) is 3.92. The molecule has 0 aliphatic heterocycles. The topological polar surface area (TPSA) is 32.3 Å². The van der Waals surface area contributed by atoms with E-state index in [1.54, 1.807) is 0 Å². The molecular formula is C13H19NO. The highest BCUT2D eigenvalue weighted by Gasteiger charge is 2.03. The number of aryl methyl sites for hydroxylation is 2. The molecule has 0 saturated carbocycles. The van der Waals surface area contributed by atoms with Gasteiger partial charge in [0.1, 0.15) is 5.75 Å². The lowest BCUT2D eigenvalue weighted by Crippen LogP contribution is -2.22. The number of benzene rings is 1. The van der Waals surface area contributed by atoms with Crippen molar-refractivity contribution in [3.8, 4) is 5.75 Å². The number of nitrogens with one attached hydrogen (secondary N) is 1. The summed E-state index contributed by atoms with van der Waals surface area (Å²) >= 11 is 0. The fourth-order valence-electron chi connectivity index (χ4n) is 1.51. The van der Waals surface area contributed by atoms with E-state index in [1.165, 1.54) is 5.56 Å². The van der Waals surface area contributed by atoms with Gasteiger partial charge < -0.3 is 10.4 Å². The highest BCUT2D eigenvalue weighted by molar-refractivity contribution is 5.42. The van der Waals surface area contributed by atoms with Gasteiger partial charge in [0.05, 0.1) is 0 Å². The Morgan fingerprint density at radius 3 is 2.40 bits per heavy atom. The Bertz CT molecular complexity index is 335. The Morgan fingerprint density at radius 1 is 1.40 bits per heavy atom. The summed E-state index contributed by atoms with van der Waals surface area (Å²) in [6.45, 7) is 10.4. The van der Waals surface area contributed by atoms with E-state index in [2.05, 4.69) is 18.8 Å². The van der Waals surface area contributed by atoms with E-state index >= 15 is 0 Å². The Labute approximate surface area is 91.6 Å². The van der Waals surface area contributed by atoms with Crippen LogP contribution in [0.1, 0.15) is 23.6 Å². The minimum atomic E-state index is 0.305. The Morgan fingerprint density at radius 2 is 1.93 bits per heavy atom. The molecule has 0 saturated heterocycles. The molecule has 1 unspecified atom stereocenters. The molecule has 1 aromatic rings. The summed E-state index contributed by atoms with van der Waals surface area (Å²) in [7, 11) is 0. The van der Waals surface area contributed by atoms with Crippen LogP contribution in [0.4, 0.5) is 0 Å². The molecule has 2 nitrogen and oxygen atoms in total. The monoisotopic (exact) mass is 205 g/mol. The minimum absolute atomic E-state index is 0.305. The molecule has 0 aromatic heterocycles. The average Bonchev–Trinajstić information content (AvgIpc) is 2.22. The average molecular weight is 205 g/mol. The van der Waals surface area contributed by atoms with Crippen molar-refractivity contribution in [2.75, 3.05) is 0 Å². The van der Waals surface area contributed by atoms with E-state index < -0.39 is 0 Å². The van der Waals surface area contributed by atoms with Crippen LogP contribution in [-0.2, 0) is 6.54 Å². The van der Waals surface area contributed by atoms with Gasteiger partial charge in [-0.2, -0.15) is 0 Å². The molecule has 15 heavy (non-hydrogen) atoms. The zero-order valence-electron chi connectivity index (χ0n) is 9.67. The largest absolute Gasteiger partial charge is 0.507 e. The van der Waals surface area contributed by atoms with Crippen molar-refractivity contribution in [2.24, 2.45) is 0 Å². The van der Waals surface area contributed by atoms with Crippen molar-refractivity contribution in [1.29, 1.82) is 0 Å². The SMILES string of the molecule is C=CC(C)NCc1cc(C)c(O)c(C)c1. The molecule has 0 aliphatic rings. The number of hydrogen-bond acceptors (Lipinski definition) is 2. The summed E-state index contributed by atoms with van der Waals surface area (Å²) in [5, 5.41) is 12.9. The van der Waals surface area contributed by atoms with E-state index in [4.69, 9.17) is 0 Å². The van der Waals surface area contributed by atoms with Crippen LogP contribution in [0.3, 0.4) is 0 Å². The van der Waals surface area contributed by atoms with Gasteiger partial charge in [-0.15, -0.1) is 6.58 Å². The highest BCUT2D eigenvalue weighted by Crippen LogP contribution is 2.22. The van der Waals surface area contributed by atoms with Crippen LogP contribution in [0.15, 0.2) is 24.8 Å². The van der Waals surface area contributed by atoms with Crippen LogP contribution in [0.2, 0.25) is 0 Å². The lowest BCUT2D eigenvalue weighted by molar-refractivity contribution is 0.466. The molecule has 2 heteroatoms. The molecule has 0 fully saturated rings. The van der Waals surface area contributed by atoms with Crippen LogP contribution >= 0.6 is 0 Å². The smallest absolute Gasteiger partial charge is 0.121 e. The van der Waals surface area contributed by atoms with Crippen LogP contribution in [-0.4, -0.2) is 11.1 Å². The van der Waals surface area contributed by atoms with Gasteiger partial charge in [0.15, 0.2) is 0 Å². The second kappa shape index (κ2) is 4.99. The lowest BCUT2D eigenvalue weighted by atomic mass is 10.1. The third-order valence-electron chi connectivity index (χ3n) is 2.53. The molecule has 1 atom stereocenters. The zero-order chi connectivity index (χ0) is 11.4. The van der Waals surface area contributed by atoms with E-state index in [0.717, 1.165) is 17.7 Å². The summed E-state index contributed by atoms with van der Waals surface area (Å²) in [6, 6.07) is 4.32. The van der Waals surface area contributed by atoms with E-state index in [9.17, 15) is 5.11 Å². The van der Waals surface area contributed by atoms with Gasteiger partial charge in [-0.25, -0.2) is 0 Å². The van der Waals surface area contributed by atoms with Crippen LogP contribution in [0, 0.1) is 13.8 Å². The van der Waals surface area contributed by atoms with Crippen LogP contribution in [0.25, 0.3) is 0 Å². The quantitative estimate of drug-likeness (QED) is 0.741. The lowest BCUT2D eigenvalue weighted by Gasteiger charge is -2.11. The minimum Gasteiger partial charge on any atom is -0.507 e. The highest BCUT2D eigenvalue weighted by atomic mass is 16.3. The van der Waals surface area contributed by atoms with Gasteiger partial charge in [0.2, 0.25) is 0 Å².